The van der Waals surface area contributed by atoms with Gasteiger partial charge >= 0.3 is 6.09 Å². The molecule has 1 unspecified atom stereocenters. The smallest absolute Gasteiger partial charge is 0.407 e. The number of morpholine rings is 1. The molecule has 0 bridgehead atoms. The van der Waals surface area contributed by atoms with Crippen molar-refractivity contribution >= 4 is 28.9 Å². The van der Waals surface area contributed by atoms with Gasteiger partial charge in [0.15, 0.2) is 5.82 Å². The lowest BCUT2D eigenvalue weighted by Gasteiger charge is -2.52. The van der Waals surface area contributed by atoms with Crippen LogP contribution >= 0.6 is 0 Å². The van der Waals surface area contributed by atoms with Gasteiger partial charge in [-0.25, -0.2) is 9.78 Å². The maximum Gasteiger partial charge on any atom is 0.407 e. The van der Waals surface area contributed by atoms with E-state index in [4.69, 9.17) is 14.5 Å². The van der Waals surface area contributed by atoms with Crippen LogP contribution in [0, 0.1) is 11.3 Å². The van der Waals surface area contributed by atoms with Gasteiger partial charge in [-0.3, -0.25) is 9.59 Å². The Morgan fingerprint density at radius 2 is 1.85 bits per heavy atom. The third-order valence-corrected chi connectivity index (χ3v) is 8.28. The van der Waals surface area contributed by atoms with Gasteiger partial charge in [0.05, 0.1) is 42.2 Å². The SMILES string of the molecule is CCN(C(=O)c1nc2ccccc2n1CCCCOC)[C@H]1C[C@@H](C(=O)N2CCOCC2)CN(C(=O)O)C1C(C)(C)C. The molecule has 2 aliphatic rings. The molecule has 3 atom stereocenters. The summed E-state index contributed by atoms with van der Waals surface area (Å²) in [7, 11) is 1.67. The molecule has 226 valence electrons. The number of likely N-dealkylation sites (N-methyl/N-ethyl adjacent to an activating group) is 1. The number of imidazole rings is 1. The number of carbonyl (C=O) groups is 3. The van der Waals surface area contributed by atoms with Crippen LogP contribution in [0.3, 0.4) is 0 Å². The van der Waals surface area contributed by atoms with Crippen molar-refractivity contribution in [2.75, 3.05) is 53.1 Å². The molecule has 0 saturated carbocycles. The van der Waals surface area contributed by atoms with Gasteiger partial charge in [-0.05, 0) is 43.7 Å². The molecule has 11 heteroatoms. The first-order valence-electron chi connectivity index (χ1n) is 14.7. The summed E-state index contributed by atoms with van der Waals surface area (Å²) >= 11 is 0. The molecular formula is C30H45N5O6. The summed E-state index contributed by atoms with van der Waals surface area (Å²) in [5.74, 6) is -0.547. The first kappa shape index (κ1) is 30.8. The average Bonchev–Trinajstić information content (AvgIpc) is 3.33. The number of ether oxygens (including phenoxy) is 2. The summed E-state index contributed by atoms with van der Waals surface area (Å²) in [4.78, 5) is 50.4. The van der Waals surface area contributed by atoms with Crippen LogP contribution in [-0.2, 0) is 20.8 Å². The van der Waals surface area contributed by atoms with Crippen LogP contribution in [0.5, 0.6) is 0 Å². The molecule has 2 fully saturated rings. The van der Waals surface area contributed by atoms with Gasteiger partial charge in [0, 0.05) is 46.4 Å². The fourth-order valence-corrected chi connectivity index (χ4v) is 6.45. The Labute approximate surface area is 242 Å². The van der Waals surface area contributed by atoms with Gasteiger partial charge < -0.3 is 33.8 Å². The molecule has 3 heterocycles. The van der Waals surface area contributed by atoms with Crippen molar-refractivity contribution < 1.29 is 29.0 Å². The zero-order valence-electron chi connectivity index (χ0n) is 25.0. The molecule has 0 spiro atoms. The normalized spacial score (nSPS) is 21.7. The maximum absolute atomic E-state index is 14.4. The Balaban J connectivity index is 1.72. The van der Waals surface area contributed by atoms with E-state index >= 15 is 0 Å². The Bertz CT molecular complexity index is 1220. The first-order chi connectivity index (χ1) is 19.6. The third-order valence-electron chi connectivity index (χ3n) is 8.28. The predicted octanol–water partition coefficient (Wildman–Crippen LogP) is 3.57. The van der Waals surface area contributed by atoms with Crippen LogP contribution in [0.4, 0.5) is 4.79 Å². The summed E-state index contributed by atoms with van der Waals surface area (Å²) in [6.45, 7) is 11.5. The predicted molar refractivity (Wildman–Crippen MR) is 155 cm³/mol. The van der Waals surface area contributed by atoms with Gasteiger partial charge in [0.1, 0.15) is 0 Å². The second kappa shape index (κ2) is 13.2. The number of hydrogen-bond acceptors (Lipinski definition) is 6. The molecule has 2 saturated heterocycles. The van der Waals surface area contributed by atoms with Crippen LogP contribution in [0.15, 0.2) is 24.3 Å². The number of nitrogens with zero attached hydrogens (tertiary/aromatic N) is 5. The lowest BCUT2D eigenvalue weighted by molar-refractivity contribution is -0.144. The van der Waals surface area contributed by atoms with Gasteiger partial charge in [0.25, 0.3) is 5.91 Å². The van der Waals surface area contributed by atoms with Crippen LogP contribution in [0.1, 0.15) is 57.6 Å². The summed E-state index contributed by atoms with van der Waals surface area (Å²) < 4.78 is 12.6. The van der Waals surface area contributed by atoms with Crippen LogP contribution in [0.2, 0.25) is 0 Å². The number of para-hydroxylation sites is 2. The Hall–Kier alpha value is -3.18. The number of aryl methyl sites for hydroxylation is 1. The summed E-state index contributed by atoms with van der Waals surface area (Å²) in [5, 5.41) is 10.3. The van der Waals surface area contributed by atoms with Crippen molar-refractivity contribution in [1.82, 2.24) is 24.3 Å². The summed E-state index contributed by atoms with van der Waals surface area (Å²) in [6.07, 6.45) is 0.970. The fourth-order valence-electron chi connectivity index (χ4n) is 6.45. The minimum absolute atomic E-state index is 0.0780. The van der Waals surface area contributed by atoms with E-state index in [1.807, 2.05) is 56.5 Å². The van der Waals surface area contributed by atoms with Gasteiger partial charge in [-0.1, -0.05) is 32.9 Å². The molecule has 0 radical (unpaired) electrons. The van der Waals surface area contributed by atoms with Crippen molar-refractivity contribution in [2.45, 2.75) is 65.6 Å². The highest BCUT2D eigenvalue weighted by Gasteiger charge is 2.50. The second-order valence-electron chi connectivity index (χ2n) is 12.1. The van der Waals surface area contributed by atoms with E-state index < -0.39 is 29.5 Å². The van der Waals surface area contributed by atoms with Crippen LogP contribution < -0.4 is 0 Å². The van der Waals surface area contributed by atoms with E-state index in [1.165, 1.54) is 4.90 Å². The van der Waals surface area contributed by atoms with Crippen molar-refractivity contribution in [3.8, 4) is 0 Å². The first-order valence-corrected chi connectivity index (χ1v) is 14.7. The molecule has 1 aromatic heterocycles. The number of likely N-dealkylation sites (tertiary alicyclic amines) is 1. The Morgan fingerprint density at radius 3 is 2.49 bits per heavy atom. The van der Waals surface area contributed by atoms with E-state index in [0.717, 1.165) is 23.9 Å². The minimum Gasteiger partial charge on any atom is -0.465 e. The number of rotatable bonds is 9. The number of benzene rings is 1. The van der Waals surface area contributed by atoms with E-state index in [-0.39, 0.29) is 18.4 Å². The van der Waals surface area contributed by atoms with Crippen LogP contribution in [-0.4, -0.2) is 112 Å². The topological polar surface area (TPSA) is 117 Å². The second-order valence-corrected chi connectivity index (χ2v) is 12.1. The lowest BCUT2D eigenvalue weighted by Crippen LogP contribution is -2.66. The van der Waals surface area contributed by atoms with Gasteiger partial charge in [-0.2, -0.15) is 0 Å². The number of hydrogen-bond donors (Lipinski definition) is 1. The number of carbonyl (C=O) groups excluding carboxylic acids is 2. The van der Waals surface area contributed by atoms with E-state index in [9.17, 15) is 19.5 Å². The highest BCUT2D eigenvalue weighted by atomic mass is 16.5. The molecule has 2 aliphatic heterocycles. The number of carboxylic acid groups (broad SMARTS) is 1. The zero-order chi connectivity index (χ0) is 29.7. The maximum atomic E-state index is 14.4. The molecule has 3 amide bonds. The van der Waals surface area contributed by atoms with Gasteiger partial charge in [-0.15, -0.1) is 0 Å². The van der Waals surface area contributed by atoms with E-state index in [1.54, 1.807) is 16.9 Å². The summed E-state index contributed by atoms with van der Waals surface area (Å²) in [6, 6.07) is 6.69. The molecule has 1 N–H and O–H groups in total. The number of methoxy groups -OCH3 is 1. The minimum atomic E-state index is -1.08. The number of unbranched alkanes of at least 4 members (excludes halogenated alkanes) is 1. The Morgan fingerprint density at radius 1 is 1.15 bits per heavy atom. The number of aromatic nitrogens is 2. The monoisotopic (exact) mass is 571 g/mol. The fraction of sp³-hybridized carbons (Fsp3) is 0.667. The third kappa shape index (κ3) is 6.67. The molecular weight excluding hydrogens is 526 g/mol. The average molecular weight is 572 g/mol. The summed E-state index contributed by atoms with van der Waals surface area (Å²) in [5.41, 5.74) is 1.14. The highest BCUT2D eigenvalue weighted by Crippen LogP contribution is 2.38. The molecule has 11 nitrogen and oxygen atoms in total. The van der Waals surface area contributed by atoms with Crippen molar-refractivity contribution in [2.24, 2.45) is 11.3 Å². The molecule has 0 aliphatic carbocycles. The van der Waals surface area contributed by atoms with Crippen molar-refractivity contribution in [1.29, 1.82) is 0 Å². The quantitative estimate of drug-likeness (QED) is 0.457. The van der Waals surface area contributed by atoms with Gasteiger partial charge in [0.2, 0.25) is 5.91 Å². The molecule has 1 aromatic carbocycles. The van der Waals surface area contributed by atoms with E-state index in [0.29, 0.717) is 58.2 Å². The Kier molecular flexibility index (Phi) is 9.91. The number of amides is 3. The van der Waals surface area contributed by atoms with Crippen LogP contribution in [0.25, 0.3) is 11.0 Å². The molecule has 41 heavy (non-hydrogen) atoms. The zero-order valence-corrected chi connectivity index (χ0v) is 25.0. The number of fused-ring (bicyclic) bond motifs is 1. The standard InChI is InChI=1S/C30H45N5O6/c1-6-33(28(37)26-31-22-11-7-8-12-23(22)34(26)13-9-10-16-40-5)24-19-21(27(36)32-14-17-41-18-15-32)20-35(29(38)39)25(24)30(2,3)4/h7-8,11-12,21,24-25H,6,9-10,13-20H2,1-5H3,(H,38,39)/t21-,24+,25?/m1/s1. The lowest BCUT2D eigenvalue weighted by atomic mass is 9.74. The molecule has 4 rings (SSSR count). The van der Waals surface area contributed by atoms with Crippen molar-refractivity contribution in [3.63, 3.8) is 0 Å². The largest absolute Gasteiger partial charge is 0.465 e. The highest BCUT2D eigenvalue weighted by molar-refractivity contribution is 5.95. The molecule has 2 aromatic rings. The number of piperidine rings is 1. The van der Waals surface area contributed by atoms with Crippen molar-refractivity contribution in [3.05, 3.63) is 30.1 Å². The van der Waals surface area contributed by atoms with E-state index in [2.05, 4.69) is 0 Å².